The number of amides is 2. The average Bonchev–Trinajstić information content (AvgIpc) is 3.29. The highest BCUT2D eigenvalue weighted by Gasteiger charge is 2.56. The highest BCUT2D eigenvalue weighted by atomic mass is 32.2. The van der Waals surface area contributed by atoms with Crippen LogP contribution in [-0.2, 0) is 15.8 Å². The quantitative estimate of drug-likeness (QED) is 0.494. The third-order valence-electron chi connectivity index (χ3n) is 5.90. The summed E-state index contributed by atoms with van der Waals surface area (Å²) in [5, 5.41) is 9.60. The number of H-pyrrole nitrogens is 1. The van der Waals surface area contributed by atoms with Crippen LogP contribution in [0.4, 0.5) is 18.9 Å². The molecule has 0 saturated carbocycles. The standard InChI is InChI=1S/C23H17F3N2O5S2/c1-2-33-14-8-10(6-7-13(14)29)15-16-18(34-19-17(15)35-22(32)27-19)21(31)28(20(16)30)12-5-3-4-11(9-12)23(24,25)26/h3-9,15-16,18,29H,2H2,1H3,(H,27,32). The molecule has 35 heavy (non-hydrogen) atoms. The van der Waals surface area contributed by atoms with Crippen LogP contribution in [0.15, 0.2) is 52.3 Å². The number of thiazole rings is 1. The number of phenolic OH excluding ortho intramolecular Hbond substituents is 1. The van der Waals surface area contributed by atoms with E-state index in [4.69, 9.17) is 4.74 Å². The van der Waals surface area contributed by atoms with Gasteiger partial charge in [-0.3, -0.25) is 14.4 Å². The van der Waals surface area contributed by atoms with Gasteiger partial charge in [0.1, 0.15) is 5.25 Å². The van der Waals surface area contributed by atoms with Crippen LogP contribution in [0, 0.1) is 5.92 Å². The second-order valence-corrected chi connectivity index (χ2v) is 10.1. The summed E-state index contributed by atoms with van der Waals surface area (Å²) < 4.78 is 45.3. The Labute approximate surface area is 204 Å². The number of halogens is 3. The van der Waals surface area contributed by atoms with E-state index in [2.05, 4.69) is 4.98 Å². The van der Waals surface area contributed by atoms with Crippen LogP contribution in [0.3, 0.4) is 0 Å². The molecule has 2 N–H and O–H groups in total. The van der Waals surface area contributed by atoms with Crippen molar-refractivity contribution in [3.63, 3.8) is 0 Å². The van der Waals surface area contributed by atoms with E-state index >= 15 is 0 Å². The third kappa shape index (κ3) is 3.90. The van der Waals surface area contributed by atoms with Gasteiger partial charge in [0, 0.05) is 10.8 Å². The Kier molecular flexibility index (Phi) is 5.67. The molecule has 7 nitrogen and oxygen atoms in total. The van der Waals surface area contributed by atoms with Crippen LogP contribution in [-0.4, -0.2) is 33.8 Å². The van der Waals surface area contributed by atoms with E-state index in [9.17, 15) is 32.7 Å². The molecule has 0 spiro atoms. The van der Waals surface area contributed by atoms with Crippen molar-refractivity contribution in [3.8, 4) is 11.5 Å². The van der Waals surface area contributed by atoms with Crippen molar-refractivity contribution in [3.05, 3.63) is 68.1 Å². The van der Waals surface area contributed by atoms with Gasteiger partial charge in [0.15, 0.2) is 11.5 Å². The molecule has 2 aliphatic rings. The number of hydrogen-bond acceptors (Lipinski definition) is 7. The van der Waals surface area contributed by atoms with Crippen molar-refractivity contribution in [1.82, 2.24) is 4.98 Å². The van der Waals surface area contributed by atoms with Gasteiger partial charge in [-0.2, -0.15) is 13.2 Å². The Balaban J connectivity index is 1.63. The summed E-state index contributed by atoms with van der Waals surface area (Å²) in [6, 6.07) is 8.61. The molecule has 3 atom stereocenters. The molecular formula is C23H17F3N2O5S2. The largest absolute Gasteiger partial charge is 0.504 e. The molecule has 12 heteroatoms. The lowest BCUT2D eigenvalue weighted by molar-refractivity contribution is -0.137. The highest BCUT2D eigenvalue weighted by molar-refractivity contribution is 8.00. The molecular weight excluding hydrogens is 505 g/mol. The molecule has 182 valence electrons. The molecule has 2 amide bonds. The second kappa shape index (κ2) is 8.45. The minimum Gasteiger partial charge on any atom is -0.504 e. The molecule has 2 aromatic carbocycles. The lowest BCUT2D eigenvalue weighted by Crippen LogP contribution is -2.32. The summed E-state index contributed by atoms with van der Waals surface area (Å²) in [6.45, 7) is 2.01. The third-order valence-corrected chi connectivity index (χ3v) is 8.30. The molecule has 0 bridgehead atoms. The van der Waals surface area contributed by atoms with Crippen molar-refractivity contribution in [2.75, 3.05) is 11.5 Å². The normalized spacial score (nSPS) is 21.7. The first-order valence-corrected chi connectivity index (χ1v) is 12.2. The summed E-state index contributed by atoms with van der Waals surface area (Å²) in [5.74, 6) is -2.97. The highest BCUT2D eigenvalue weighted by Crippen LogP contribution is 2.54. The summed E-state index contributed by atoms with van der Waals surface area (Å²) in [6.07, 6.45) is -4.64. The molecule has 2 aliphatic heterocycles. The second-order valence-electron chi connectivity index (χ2n) is 7.97. The number of carbonyl (C=O) groups excluding carboxylic acids is 2. The Morgan fingerprint density at radius 2 is 1.89 bits per heavy atom. The lowest BCUT2D eigenvalue weighted by atomic mass is 9.83. The SMILES string of the molecule is CCOc1cc(C2c3sc(=O)[nH]c3SC3C(=O)N(c4cccc(C(F)(F)F)c4)C(=O)C32)ccc1O. The number of alkyl halides is 3. The predicted octanol–water partition coefficient (Wildman–Crippen LogP) is 4.36. The van der Waals surface area contributed by atoms with Gasteiger partial charge in [0.05, 0.1) is 28.8 Å². The monoisotopic (exact) mass is 522 g/mol. The van der Waals surface area contributed by atoms with E-state index in [1.165, 1.54) is 12.1 Å². The molecule has 0 aliphatic carbocycles. The number of rotatable bonds is 4. The maximum absolute atomic E-state index is 13.6. The number of hydrogen-bond donors (Lipinski definition) is 2. The van der Waals surface area contributed by atoms with E-state index < -0.39 is 40.6 Å². The maximum atomic E-state index is 13.6. The number of aromatic hydroxyl groups is 1. The van der Waals surface area contributed by atoms with Gasteiger partial charge < -0.3 is 14.8 Å². The first-order valence-electron chi connectivity index (χ1n) is 10.5. The minimum absolute atomic E-state index is 0.112. The van der Waals surface area contributed by atoms with Gasteiger partial charge in [-0.1, -0.05) is 35.2 Å². The first-order chi connectivity index (χ1) is 16.6. The topological polar surface area (TPSA) is 99.7 Å². The van der Waals surface area contributed by atoms with E-state index in [1.807, 2.05) is 0 Å². The van der Waals surface area contributed by atoms with E-state index in [0.29, 0.717) is 15.5 Å². The molecule has 3 heterocycles. The van der Waals surface area contributed by atoms with Gasteiger partial charge in [-0.15, -0.1) is 0 Å². The molecule has 1 fully saturated rings. The molecule has 0 radical (unpaired) electrons. The van der Waals surface area contributed by atoms with Crippen molar-refractivity contribution < 1.29 is 32.6 Å². The molecule has 1 saturated heterocycles. The maximum Gasteiger partial charge on any atom is 0.416 e. The van der Waals surface area contributed by atoms with Crippen molar-refractivity contribution in [1.29, 1.82) is 0 Å². The van der Waals surface area contributed by atoms with Crippen LogP contribution in [0.5, 0.6) is 11.5 Å². The average molecular weight is 523 g/mol. The zero-order chi connectivity index (χ0) is 25.1. The number of aromatic nitrogens is 1. The summed E-state index contributed by atoms with van der Waals surface area (Å²) in [7, 11) is 0. The fourth-order valence-electron chi connectivity index (χ4n) is 4.45. The fraction of sp³-hybridized carbons (Fsp3) is 0.261. The van der Waals surface area contributed by atoms with Crippen LogP contribution in [0.1, 0.15) is 28.8 Å². The summed E-state index contributed by atoms with van der Waals surface area (Å²) in [4.78, 5) is 42.8. The van der Waals surface area contributed by atoms with Crippen LogP contribution in [0.25, 0.3) is 0 Å². The van der Waals surface area contributed by atoms with Crippen molar-refractivity contribution in [2.24, 2.45) is 5.92 Å². The van der Waals surface area contributed by atoms with Crippen LogP contribution < -0.4 is 14.5 Å². The number of aromatic amines is 1. The van der Waals surface area contributed by atoms with Gasteiger partial charge in [0.25, 0.3) is 0 Å². The Morgan fingerprint density at radius 1 is 1.11 bits per heavy atom. The van der Waals surface area contributed by atoms with Crippen LogP contribution in [0.2, 0.25) is 0 Å². The van der Waals surface area contributed by atoms with Crippen molar-refractivity contribution in [2.45, 2.75) is 29.3 Å². The van der Waals surface area contributed by atoms with E-state index in [1.54, 1.807) is 19.1 Å². The Bertz CT molecular complexity index is 1400. The summed E-state index contributed by atoms with van der Waals surface area (Å²) in [5.41, 5.74) is -0.607. The lowest BCUT2D eigenvalue weighted by Gasteiger charge is -2.30. The van der Waals surface area contributed by atoms with Gasteiger partial charge in [0.2, 0.25) is 11.8 Å². The fourth-order valence-corrected chi connectivity index (χ4v) is 6.96. The number of benzene rings is 2. The van der Waals surface area contributed by atoms with Gasteiger partial charge in [-0.05, 0) is 42.8 Å². The molecule has 3 unspecified atom stereocenters. The zero-order valence-electron chi connectivity index (χ0n) is 18.0. The van der Waals surface area contributed by atoms with Gasteiger partial charge >= 0.3 is 11.0 Å². The zero-order valence-corrected chi connectivity index (χ0v) is 19.6. The number of carbonyl (C=O) groups is 2. The number of phenols is 1. The molecule has 5 rings (SSSR count). The molecule has 3 aromatic rings. The molecule has 1 aromatic heterocycles. The number of thioether (sulfide) groups is 1. The van der Waals surface area contributed by atoms with Crippen molar-refractivity contribution >= 4 is 40.6 Å². The predicted molar refractivity (Wildman–Crippen MR) is 123 cm³/mol. The number of ether oxygens (including phenoxy) is 1. The van der Waals surface area contributed by atoms with Crippen LogP contribution >= 0.6 is 23.1 Å². The number of fused-ring (bicyclic) bond motifs is 2. The minimum atomic E-state index is -4.64. The van der Waals surface area contributed by atoms with E-state index in [-0.39, 0.29) is 28.7 Å². The number of nitrogens with zero attached hydrogens (tertiary/aromatic N) is 1. The number of anilines is 1. The Hall–Kier alpha value is -3.25. The number of imide groups is 1. The Morgan fingerprint density at radius 3 is 2.60 bits per heavy atom. The summed E-state index contributed by atoms with van der Waals surface area (Å²) >= 11 is 1.93. The number of nitrogens with one attached hydrogen (secondary N) is 1. The first kappa shape index (κ1) is 23.5. The van der Waals surface area contributed by atoms with Gasteiger partial charge in [-0.25, -0.2) is 4.90 Å². The smallest absolute Gasteiger partial charge is 0.416 e. The van der Waals surface area contributed by atoms with E-state index in [0.717, 1.165) is 46.2 Å².